The van der Waals surface area contributed by atoms with E-state index in [0.717, 1.165) is 5.56 Å². The smallest absolute Gasteiger partial charge is 0.282 e. The van der Waals surface area contributed by atoms with Crippen molar-refractivity contribution < 1.29 is 9.34 Å². The molecule has 24 heavy (non-hydrogen) atoms. The average Bonchev–Trinajstić information content (AvgIpc) is 3.04. The largest absolute Gasteiger partial charge is 0.419 e. The molecule has 2 aromatic heterocycles. The van der Waals surface area contributed by atoms with Crippen molar-refractivity contribution in [2.75, 3.05) is 5.32 Å². The molecule has 0 aliphatic carbocycles. The molecule has 1 N–H and O–H groups in total. The molecule has 0 atom stereocenters. The molecular weight excluding hydrogens is 310 g/mol. The summed E-state index contributed by atoms with van der Waals surface area (Å²) in [7, 11) is 0. The first kappa shape index (κ1) is 15.2. The van der Waals surface area contributed by atoms with E-state index in [1.807, 2.05) is 18.2 Å². The van der Waals surface area contributed by atoms with Crippen LogP contribution in [0.1, 0.15) is 11.3 Å². The molecule has 0 saturated heterocycles. The van der Waals surface area contributed by atoms with Gasteiger partial charge in [0.05, 0.1) is 4.92 Å². The summed E-state index contributed by atoms with van der Waals surface area (Å²) >= 11 is 0. The van der Waals surface area contributed by atoms with Gasteiger partial charge in [-0.3, -0.25) is 15.1 Å². The van der Waals surface area contributed by atoms with Gasteiger partial charge in [-0.25, -0.2) is 0 Å². The number of nitro groups is 1. The van der Waals surface area contributed by atoms with Gasteiger partial charge in [0.2, 0.25) is 17.5 Å². The first-order valence-electron chi connectivity index (χ1n) is 6.96. The first-order chi connectivity index (χ1) is 11.7. The van der Waals surface area contributed by atoms with Crippen molar-refractivity contribution in [3.8, 4) is 17.5 Å². The topological polar surface area (TPSA) is 118 Å². The average molecular weight is 321 g/mol. The van der Waals surface area contributed by atoms with Crippen molar-refractivity contribution in [3.05, 3.63) is 70.2 Å². The summed E-state index contributed by atoms with van der Waals surface area (Å²) in [4.78, 5) is 18.6. The van der Waals surface area contributed by atoms with Gasteiger partial charge in [0.15, 0.2) is 0 Å². The van der Waals surface area contributed by atoms with Crippen molar-refractivity contribution in [2.24, 2.45) is 0 Å². The van der Waals surface area contributed by atoms with E-state index in [0.29, 0.717) is 6.54 Å². The molecule has 2 heterocycles. The highest BCUT2D eigenvalue weighted by Gasteiger charge is 2.21. The minimum absolute atomic E-state index is 0.0241. The summed E-state index contributed by atoms with van der Waals surface area (Å²) in [5.41, 5.74) is 1.06. The summed E-state index contributed by atoms with van der Waals surface area (Å²) in [6.07, 6.45) is 3.31. The maximum Gasteiger partial charge on any atom is 0.282 e. The van der Waals surface area contributed by atoms with Gasteiger partial charge < -0.3 is 9.73 Å². The lowest BCUT2D eigenvalue weighted by atomic mass is 10.2. The Kier molecular flexibility index (Phi) is 4.16. The molecule has 0 aliphatic rings. The Bertz CT molecular complexity index is 915. The predicted octanol–water partition coefficient (Wildman–Crippen LogP) is 3.13. The number of para-hydroxylation sites is 1. The lowest BCUT2D eigenvalue weighted by molar-refractivity contribution is -0.384. The van der Waals surface area contributed by atoms with Crippen LogP contribution in [-0.2, 0) is 6.54 Å². The van der Waals surface area contributed by atoms with Gasteiger partial charge in [0.25, 0.3) is 5.69 Å². The van der Waals surface area contributed by atoms with Crippen LogP contribution in [0, 0.1) is 21.4 Å². The van der Waals surface area contributed by atoms with Crippen molar-refractivity contribution in [1.82, 2.24) is 9.97 Å². The molecule has 8 heteroatoms. The van der Waals surface area contributed by atoms with Gasteiger partial charge >= 0.3 is 0 Å². The van der Waals surface area contributed by atoms with Gasteiger partial charge in [-0.15, -0.1) is 0 Å². The van der Waals surface area contributed by atoms with E-state index in [4.69, 9.17) is 4.42 Å². The van der Waals surface area contributed by atoms with E-state index >= 15 is 0 Å². The third-order valence-electron chi connectivity index (χ3n) is 3.27. The Morgan fingerprint density at radius 1 is 1.25 bits per heavy atom. The number of pyridine rings is 1. The minimum Gasteiger partial charge on any atom is -0.419 e. The number of oxazole rings is 1. The standard InChI is InChI=1S/C16H11N5O3/c17-9-13-16(19-10-11-5-7-18-8-6-11)24-15(20-13)12-3-1-2-4-14(12)21(22)23/h1-8,19H,10H2. The van der Waals surface area contributed by atoms with Crippen LogP contribution in [0.15, 0.2) is 53.2 Å². The molecule has 0 bridgehead atoms. The molecule has 3 rings (SSSR count). The Labute approximate surface area is 136 Å². The number of nitrogens with one attached hydrogen (secondary N) is 1. The van der Waals surface area contributed by atoms with Crippen molar-refractivity contribution in [1.29, 1.82) is 5.26 Å². The lowest BCUT2D eigenvalue weighted by Gasteiger charge is -2.02. The molecule has 0 spiro atoms. The summed E-state index contributed by atoms with van der Waals surface area (Å²) < 4.78 is 5.54. The Balaban J connectivity index is 1.91. The SMILES string of the molecule is N#Cc1nc(-c2ccccc2[N+](=O)[O-])oc1NCc1ccncc1. The minimum atomic E-state index is -0.518. The normalized spacial score (nSPS) is 10.1. The fourth-order valence-corrected chi connectivity index (χ4v) is 2.13. The van der Waals surface area contributed by atoms with E-state index in [2.05, 4.69) is 15.3 Å². The fourth-order valence-electron chi connectivity index (χ4n) is 2.13. The van der Waals surface area contributed by atoms with Gasteiger partial charge in [0, 0.05) is 25.0 Å². The number of hydrogen-bond acceptors (Lipinski definition) is 7. The highest BCUT2D eigenvalue weighted by molar-refractivity contribution is 5.68. The number of nitrogens with zero attached hydrogens (tertiary/aromatic N) is 4. The van der Waals surface area contributed by atoms with Crippen LogP contribution in [0.4, 0.5) is 11.6 Å². The number of benzene rings is 1. The Hall–Kier alpha value is -3.73. The summed E-state index contributed by atoms with van der Waals surface area (Å²) in [6.45, 7) is 0.405. The Morgan fingerprint density at radius 2 is 2.00 bits per heavy atom. The molecule has 3 aromatic rings. The predicted molar refractivity (Wildman–Crippen MR) is 84.9 cm³/mol. The lowest BCUT2D eigenvalue weighted by Crippen LogP contribution is -1.99. The molecule has 0 fully saturated rings. The summed E-state index contributed by atoms with van der Waals surface area (Å²) in [6, 6.07) is 11.6. The molecule has 118 valence electrons. The summed E-state index contributed by atoms with van der Waals surface area (Å²) in [5.74, 6) is 0.193. The van der Waals surface area contributed by atoms with Crippen LogP contribution in [0.5, 0.6) is 0 Å². The zero-order valence-corrected chi connectivity index (χ0v) is 12.3. The zero-order valence-electron chi connectivity index (χ0n) is 12.3. The van der Waals surface area contributed by atoms with Crippen LogP contribution >= 0.6 is 0 Å². The van der Waals surface area contributed by atoms with Gasteiger partial charge in [0.1, 0.15) is 11.6 Å². The number of nitro benzene ring substituents is 1. The molecule has 1 aromatic carbocycles. The molecular formula is C16H11N5O3. The highest BCUT2D eigenvalue weighted by Crippen LogP contribution is 2.32. The van der Waals surface area contributed by atoms with Crippen molar-refractivity contribution >= 4 is 11.6 Å². The maximum atomic E-state index is 11.1. The van der Waals surface area contributed by atoms with Crippen LogP contribution in [0.3, 0.4) is 0 Å². The van der Waals surface area contributed by atoms with Crippen LogP contribution < -0.4 is 5.32 Å². The van der Waals surface area contributed by atoms with E-state index in [1.165, 1.54) is 12.1 Å². The Morgan fingerprint density at radius 3 is 2.71 bits per heavy atom. The fraction of sp³-hybridized carbons (Fsp3) is 0.0625. The zero-order chi connectivity index (χ0) is 16.9. The third kappa shape index (κ3) is 3.05. The van der Waals surface area contributed by atoms with Crippen molar-refractivity contribution in [3.63, 3.8) is 0 Å². The number of hydrogen-bond donors (Lipinski definition) is 1. The van der Waals surface area contributed by atoms with Crippen molar-refractivity contribution in [2.45, 2.75) is 6.54 Å². The monoisotopic (exact) mass is 321 g/mol. The molecule has 0 saturated carbocycles. The molecule has 0 aliphatic heterocycles. The van der Waals surface area contributed by atoms with Gasteiger partial charge in [-0.1, -0.05) is 12.1 Å². The molecule has 0 radical (unpaired) electrons. The van der Waals surface area contributed by atoms with Crippen LogP contribution in [0.2, 0.25) is 0 Å². The number of nitriles is 1. The second-order valence-corrected chi connectivity index (χ2v) is 4.79. The van der Waals surface area contributed by atoms with Crippen LogP contribution in [0.25, 0.3) is 11.5 Å². The van der Waals surface area contributed by atoms with E-state index in [-0.39, 0.29) is 28.7 Å². The second-order valence-electron chi connectivity index (χ2n) is 4.79. The van der Waals surface area contributed by atoms with E-state index in [1.54, 1.807) is 24.5 Å². The molecule has 0 amide bonds. The van der Waals surface area contributed by atoms with Gasteiger partial charge in [-0.2, -0.15) is 10.2 Å². The second kappa shape index (κ2) is 6.58. The third-order valence-corrected chi connectivity index (χ3v) is 3.27. The first-order valence-corrected chi connectivity index (χ1v) is 6.96. The maximum absolute atomic E-state index is 11.1. The number of aromatic nitrogens is 2. The molecule has 0 unspecified atom stereocenters. The van der Waals surface area contributed by atoms with Crippen LogP contribution in [-0.4, -0.2) is 14.9 Å². The summed E-state index contributed by atoms with van der Waals surface area (Å²) in [5, 5.41) is 23.3. The number of anilines is 1. The van der Waals surface area contributed by atoms with Gasteiger partial charge in [-0.05, 0) is 23.8 Å². The van der Waals surface area contributed by atoms with E-state index in [9.17, 15) is 15.4 Å². The quantitative estimate of drug-likeness (QED) is 0.566. The number of rotatable bonds is 5. The van der Waals surface area contributed by atoms with E-state index < -0.39 is 4.92 Å². The molecule has 8 nitrogen and oxygen atoms in total. The highest BCUT2D eigenvalue weighted by atomic mass is 16.6.